The minimum absolute atomic E-state index is 0.263. The van der Waals surface area contributed by atoms with E-state index in [0.717, 1.165) is 16.6 Å². The fourth-order valence-electron chi connectivity index (χ4n) is 3.40. The van der Waals surface area contributed by atoms with Gasteiger partial charge in [-0.1, -0.05) is 47.5 Å². The number of benzene rings is 2. The van der Waals surface area contributed by atoms with Gasteiger partial charge in [0, 0.05) is 11.8 Å². The fourth-order valence-corrected chi connectivity index (χ4v) is 3.97. The highest BCUT2D eigenvalue weighted by Gasteiger charge is 2.22. The first-order valence-electron chi connectivity index (χ1n) is 9.37. The SMILES string of the molecule is CCOC(=O)c1ccc(-c2cc(C(=O)c3c(Cl)cccc3Cl)n3ccccc23)cc1. The number of carbonyl (C=O) groups is 2. The smallest absolute Gasteiger partial charge is 0.338 e. The Morgan fingerprint density at radius 1 is 0.933 bits per heavy atom. The quantitative estimate of drug-likeness (QED) is 0.271. The van der Waals surface area contributed by atoms with Gasteiger partial charge in [-0.2, -0.15) is 0 Å². The summed E-state index contributed by atoms with van der Waals surface area (Å²) in [5, 5.41) is 0.609. The summed E-state index contributed by atoms with van der Waals surface area (Å²) in [6.45, 7) is 2.09. The van der Waals surface area contributed by atoms with E-state index < -0.39 is 0 Å². The number of hydrogen-bond donors (Lipinski definition) is 0. The highest BCUT2D eigenvalue weighted by atomic mass is 35.5. The molecule has 0 unspecified atom stereocenters. The van der Waals surface area contributed by atoms with E-state index in [2.05, 4.69) is 0 Å². The third-order valence-corrected chi connectivity index (χ3v) is 5.44. The summed E-state index contributed by atoms with van der Waals surface area (Å²) >= 11 is 12.5. The Bertz CT molecular complexity index is 1240. The van der Waals surface area contributed by atoms with Gasteiger partial charge in [0.15, 0.2) is 0 Å². The van der Waals surface area contributed by atoms with Crippen molar-refractivity contribution in [1.82, 2.24) is 4.40 Å². The van der Waals surface area contributed by atoms with E-state index in [1.165, 1.54) is 0 Å². The minimum Gasteiger partial charge on any atom is -0.462 e. The van der Waals surface area contributed by atoms with Crippen molar-refractivity contribution in [3.63, 3.8) is 0 Å². The van der Waals surface area contributed by atoms with Crippen LogP contribution in [-0.4, -0.2) is 22.8 Å². The Balaban J connectivity index is 1.82. The number of esters is 1. The van der Waals surface area contributed by atoms with Crippen molar-refractivity contribution in [2.24, 2.45) is 0 Å². The lowest BCUT2D eigenvalue weighted by molar-refractivity contribution is 0.0526. The number of aromatic nitrogens is 1. The summed E-state index contributed by atoms with van der Waals surface area (Å²) in [5.41, 5.74) is 3.78. The Labute approximate surface area is 183 Å². The molecular formula is C24H17Cl2NO3. The van der Waals surface area contributed by atoms with Crippen molar-refractivity contribution < 1.29 is 14.3 Å². The Kier molecular flexibility index (Phi) is 5.62. The van der Waals surface area contributed by atoms with Crippen molar-refractivity contribution >= 4 is 40.5 Å². The molecule has 0 atom stereocenters. The van der Waals surface area contributed by atoms with Crippen molar-refractivity contribution in [2.75, 3.05) is 6.61 Å². The topological polar surface area (TPSA) is 47.8 Å². The van der Waals surface area contributed by atoms with Gasteiger partial charge in [0.25, 0.3) is 0 Å². The first kappa shape index (κ1) is 20.2. The maximum absolute atomic E-state index is 13.3. The molecule has 4 rings (SSSR count). The van der Waals surface area contributed by atoms with Crippen LogP contribution < -0.4 is 0 Å². The monoisotopic (exact) mass is 437 g/mol. The van der Waals surface area contributed by atoms with Crippen LogP contribution in [0.2, 0.25) is 10.0 Å². The molecule has 0 aliphatic carbocycles. The zero-order valence-corrected chi connectivity index (χ0v) is 17.6. The lowest BCUT2D eigenvalue weighted by Crippen LogP contribution is -2.06. The second-order valence-corrected chi connectivity index (χ2v) is 7.44. The number of hydrogen-bond acceptors (Lipinski definition) is 3. The van der Waals surface area contributed by atoms with E-state index in [1.54, 1.807) is 37.3 Å². The number of rotatable bonds is 5. The zero-order valence-electron chi connectivity index (χ0n) is 16.1. The van der Waals surface area contributed by atoms with E-state index in [-0.39, 0.29) is 17.3 Å². The van der Waals surface area contributed by atoms with Gasteiger partial charge >= 0.3 is 5.97 Å². The molecule has 4 aromatic rings. The molecule has 0 amide bonds. The second kappa shape index (κ2) is 8.34. The van der Waals surface area contributed by atoms with Gasteiger partial charge in [-0.25, -0.2) is 4.79 Å². The highest BCUT2D eigenvalue weighted by molar-refractivity contribution is 6.41. The molecule has 30 heavy (non-hydrogen) atoms. The normalized spacial score (nSPS) is 10.9. The molecule has 6 heteroatoms. The lowest BCUT2D eigenvalue weighted by Gasteiger charge is -2.06. The van der Waals surface area contributed by atoms with E-state index in [1.807, 2.05) is 47.0 Å². The average Bonchev–Trinajstić information content (AvgIpc) is 3.13. The molecule has 0 saturated heterocycles. The van der Waals surface area contributed by atoms with E-state index >= 15 is 0 Å². The van der Waals surface area contributed by atoms with Crippen LogP contribution in [-0.2, 0) is 4.74 Å². The van der Waals surface area contributed by atoms with Crippen LogP contribution >= 0.6 is 23.2 Å². The number of nitrogens with zero attached hydrogens (tertiary/aromatic N) is 1. The third kappa shape index (κ3) is 3.60. The number of fused-ring (bicyclic) bond motifs is 1. The molecule has 2 aromatic heterocycles. The summed E-state index contributed by atoms with van der Waals surface area (Å²) in [5.74, 6) is -0.629. The average molecular weight is 438 g/mol. The van der Waals surface area contributed by atoms with E-state index in [4.69, 9.17) is 27.9 Å². The highest BCUT2D eigenvalue weighted by Crippen LogP contribution is 2.32. The van der Waals surface area contributed by atoms with Gasteiger partial charge in [0.05, 0.1) is 39.0 Å². The lowest BCUT2D eigenvalue weighted by atomic mass is 10.0. The summed E-state index contributed by atoms with van der Waals surface area (Å²) in [6.07, 6.45) is 1.82. The van der Waals surface area contributed by atoms with Crippen LogP contribution in [0.1, 0.15) is 33.3 Å². The van der Waals surface area contributed by atoms with Gasteiger partial charge in [-0.05, 0) is 55.0 Å². The first-order chi connectivity index (χ1) is 14.5. The predicted molar refractivity (Wildman–Crippen MR) is 119 cm³/mol. The van der Waals surface area contributed by atoms with E-state index in [0.29, 0.717) is 27.9 Å². The van der Waals surface area contributed by atoms with Crippen LogP contribution in [0.25, 0.3) is 16.6 Å². The molecule has 0 saturated carbocycles. The summed E-state index contributed by atoms with van der Waals surface area (Å²) in [6, 6.07) is 19.6. The van der Waals surface area contributed by atoms with E-state index in [9.17, 15) is 9.59 Å². The van der Waals surface area contributed by atoms with Crippen molar-refractivity contribution in [1.29, 1.82) is 0 Å². The molecule has 0 bridgehead atoms. The van der Waals surface area contributed by atoms with Crippen LogP contribution in [0.4, 0.5) is 0 Å². The van der Waals surface area contributed by atoms with Gasteiger partial charge in [-0.3, -0.25) is 4.79 Å². The maximum Gasteiger partial charge on any atom is 0.338 e. The number of carbonyl (C=O) groups excluding carboxylic acids is 2. The molecule has 0 spiro atoms. The number of halogens is 2. The molecule has 0 N–H and O–H groups in total. The summed E-state index contributed by atoms with van der Waals surface area (Å²) < 4.78 is 6.85. The van der Waals surface area contributed by atoms with Gasteiger partial charge < -0.3 is 9.14 Å². The second-order valence-electron chi connectivity index (χ2n) is 6.62. The molecule has 0 aliphatic heterocycles. The molecule has 2 aromatic carbocycles. The summed E-state index contributed by atoms with van der Waals surface area (Å²) in [4.78, 5) is 25.2. The van der Waals surface area contributed by atoms with Crippen molar-refractivity contribution in [2.45, 2.75) is 6.92 Å². The molecule has 150 valence electrons. The van der Waals surface area contributed by atoms with Gasteiger partial charge in [-0.15, -0.1) is 0 Å². The molecule has 0 radical (unpaired) electrons. The van der Waals surface area contributed by atoms with Crippen LogP contribution in [0.5, 0.6) is 0 Å². The van der Waals surface area contributed by atoms with Crippen LogP contribution in [0, 0.1) is 0 Å². The third-order valence-electron chi connectivity index (χ3n) is 4.81. The molecule has 2 heterocycles. The fraction of sp³-hybridized carbons (Fsp3) is 0.0833. The largest absolute Gasteiger partial charge is 0.462 e. The predicted octanol–water partition coefficient (Wildman–Crippen LogP) is 6.32. The Morgan fingerprint density at radius 2 is 1.63 bits per heavy atom. The Hall–Kier alpha value is -3.08. The Morgan fingerprint density at radius 3 is 2.30 bits per heavy atom. The maximum atomic E-state index is 13.3. The molecule has 4 nitrogen and oxygen atoms in total. The van der Waals surface area contributed by atoms with Crippen LogP contribution in [0.3, 0.4) is 0 Å². The van der Waals surface area contributed by atoms with Gasteiger partial charge in [0.1, 0.15) is 0 Å². The molecule has 0 fully saturated rings. The van der Waals surface area contributed by atoms with Crippen molar-refractivity contribution in [3.05, 3.63) is 99.8 Å². The number of ketones is 1. The summed E-state index contributed by atoms with van der Waals surface area (Å²) in [7, 11) is 0. The van der Waals surface area contributed by atoms with Crippen molar-refractivity contribution in [3.8, 4) is 11.1 Å². The standard InChI is InChI=1S/C24H17Cl2NO3/c1-2-30-24(29)16-11-9-15(10-12-16)17-14-21(27-13-4-3-8-20(17)27)23(28)22-18(25)6-5-7-19(22)26/h3-14H,2H2,1H3. The number of ether oxygens (including phenoxy) is 1. The van der Waals surface area contributed by atoms with Crippen LogP contribution in [0.15, 0.2) is 72.9 Å². The zero-order chi connectivity index (χ0) is 21.3. The van der Waals surface area contributed by atoms with Gasteiger partial charge in [0.2, 0.25) is 5.78 Å². The molecule has 0 aliphatic rings. The first-order valence-corrected chi connectivity index (χ1v) is 10.1. The number of pyridine rings is 1. The minimum atomic E-state index is -0.366. The molecular weight excluding hydrogens is 421 g/mol.